The van der Waals surface area contributed by atoms with Gasteiger partial charge in [-0.3, -0.25) is 4.68 Å². The van der Waals surface area contributed by atoms with Crippen molar-refractivity contribution >= 4 is 39.8 Å². The molecule has 3 aromatic carbocycles. The number of hydrogen-bond donors (Lipinski definition) is 3. The fourth-order valence-electron chi connectivity index (χ4n) is 4.37. The van der Waals surface area contributed by atoms with Crippen molar-refractivity contribution in [1.29, 1.82) is 0 Å². The van der Waals surface area contributed by atoms with Gasteiger partial charge in [0.25, 0.3) is 0 Å². The summed E-state index contributed by atoms with van der Waals surface area (Å²) in [4.78, 5) is 18.4. The van der Waals surface area contributed by atoms with Gasteiger partial charge in [0.15, 0.2) is 5.82 Å². The lowest BCUT2D eigenvalue weighted by molar-refractivity contribution is -0.192. The minimum atomic E-state index is -5.08. The van der Waals surface area contributed by atoms with Crippen molar-refractivity contribution < 1.29 is 27.5 Å². The van der Waals surface area contributed by atoms with Gasteiger partial charge in [-0.05, 0) is 47.7 Å². The number of aliphatic carboxylic acids is 1. The summed E-state index contributed by atoms with van der Waals surface area (Å²) in [5.74, 6) is -2.49. The average Bonchev–Trinajstić information content (AvgIpc) is 3.31. The Bertz CT molecular complexity index is 1760. The third kappa shape index (κ3) is 6.44. The molecule has 218 valence electrons. The van der Waals surface area contributed by atoms with Crippen molar-refractivity contribution in [3.8, 4) is 11.4 Å². The van der Waals surface area contributed by atoms with Crippen LogP contribution in [0.25, 0.3) is 22.2 Å². The Labute approximate surface area is 242 Å². The maximum Gasteiger partial charge on any atom is 0.490 e. The highest BCUT2D eigenvalue weighted by Crippen LogP contribution is 2.37. The molecule has 13 heteroatoms. The monoisotopic (exact) mass is 600 g/mol. The van der Waals surface area contributed by atoms with Gasteiger partial charge in [0.1, 0.15) is 17.5 Å². The molecule has 0 saturated carbocycles. The molecule has 1 unspecified atom stereocenters. The van der Waals surface area contributed by atoms with E-state index in [1.165, 1.54) is 6.07 Å². The Morgan fingerprint density at radius 1 is 1.05 bits per heavy atom. The van der Waals surface area contributed by atoms with E-state index in [1.54, 1.807) is 23.9 Å². The van der Waals surface area contributed by atoms with Crippen LogP contribution < -0.4 is 11.5 Å². The number of rotatable bonds is 5. The average molecular weight is 601 g/mol. The number of nitrogen functional groups attached to an aromatic ring is 2. The van der Waals surface area contributed by atoms with Crippen LogP contribution in [0.3, 0.4) is 0 Å². The van der Waals surface area contributed by atoms with E-state index in [0.717, 1.165) is 21.9 Å². The second kappa shape index (κ2) is 12.0. The summed E-state index contributed by atoms with van der Waals surface area (Å²) in [6.45, 7) is 1.97. The van der Waals surface area contributed by atoms with E-state index < -0.39 is 23.9 Å². The molecular weight excluding hydrogens is 576 g/mol. The van der Waals surface area contributed by atoms with Crippen LogP contribution >= 0.6 is 11.6 Å². The maximum absolute atomic E-state index is 15.5. The van der Waals surface area contributed by atoms with Gasteiger partial charge in [-0.15, -0.1) is 0 Å². The quantitative estimate of drug-likeness (QED) is 0.158. The van der Waals surface area contributed by atoms with Crippen molar-refractivity contribution in [1.82, 2.24) is 19.7 Å². The van der Waals surface area contributed by atoms with Gasteiger partial charge in [0.05, 0.1) is 11.6 Å². The van der Waals surface area contributed by atoms with Crippen LogP contribution in [0, 0.1) is 5.82 Å². The maximum atomic E-state index is 15.5. The first-order valence-corrected chi connectivity index (χ1v) is 12.9. The van der Waals surface area contributed by atoms with Gasteiger partial charge in [0, 0.05) is 34.3 Å². The van der Waals surface area contributed by atoms with Crippen LogP contribution in [-0.4, -0.2) is 37.0 Å². The number of benzene rings is 3. The second-order valence-electron chi connectivity index (χ2n) is 9.25. The van der Waals surface area contributed by atoms with E-state index in [4.69, 9.17) is 38.0 Å². The molecule has 5 N–H and O–H groups in total. The van der Waals surface area contributed by atoms with Crippen molar-refractivity contribution in [2.24, 2.45) is 7.05 Å². The summed E-state index contributed by atoms with van der Waals surface area (Å²) in [5.41, 5.74) is 15.6. The molecule has 8 nitrogen and oxygen atoms in total. The summed E-state index contributed by atoms with van der Waals surface area (Å²) in [6.07, 6.45) is -4.43. The Kier molecular flexibility index (Phi) is 8.67. The topological polar surface area (TPSA) is 133 Å². The number of nitrogens with two attached hydrogens (primary N) is 2. The third-order valence-corrected chi connectivity index (χ3v) is 6.74. The van der Waals surface area contributed by atoms with Crippen molar-refractivity contribution in [2.75, 3.05) is 11.5 Å². The van der Waals surface area contributed by atoms with Gasteiger partial charge in [-0.1, -0.05) is 54.9 Å². The SMILES string of the molecule is CCc1cc(C(c2cc3cc(N)ccc3c(N)n2)c2nc(-c3ccccc3)nn2C)c(F)cc1Cl.O=C(O)C(F)(F)F. The first-order chi connectivity index (χ1) is 19.8. The van der Waals surface area contributed by atoms with Gasteiger partial charge >= 0.3 is 12.1 Å². The second-order valence-corrected chi connectivity index (χ2v) is 9.66. The van der Waals surface area contributed by atoms with E-state index >= 15 is 4.39 Å². The number of aryl methyl sites for hydroxylation is 2. The molecule has 1 atom stereocenters. The Hall–Kier alpha value is -4.71. The van der Waals surface area contributed by atoms with Gasteiger partial charge in [-0.25, -0.2) is 19.2 Å². The number of halogens is 5. The molecule has 0 fully saturated rings. The van der Waals surface area contributed by atoms with Crippen LogP contribution in [0.2, 0.25) is 5.02 Å². The molecule has 0 aliphatic rings. The summed E-state index contributed by atoms with van der Waals surface area (Å²) in [5, 5.41) is 13.7. The van der Waals surface area contributed by atoms with Crippen molar-refractivity contribution in [3.05, 3.63) is 100 Å². The molecule has 5 aromatic rings. The summed E-state index contributed by atoms with van der Waals surface area (Å²) in [6, 6.07) is 20.1. The number of alkyl halides is 3. The highest BCUT2D eigenvalue weighted by molar-refractivity contribution is 6.31. The molecule has 0 spiro atoms. The number of aromatic nitrogens is 4. The molecule has 0 aliphatic heterocycles. The molecule has 42 heavy (non-hydrogen) atoms. The van der Waals surface area contributed by atoms with Crippen molar-refractivity contribution in [2.45, 2.75) is 25.4 Å². The molecule has 0 saturated heterocycles. The normalized spacial score (nSPS) is 12.1. The lowest BCUT2D eigenvalue weighted by Gasteiger charge is -2.20. The molecule has 5 rings (SSSR count). The number of carbonyl (C=O) groups is 1. The fourth-order valence-corrected chi connectivity index (χ4v) is 4.65. The molecule has 2 heterocycles. The Morgan fingerprint density at radius 2 is 1.71 bits per heavy atom. The highest BCUT2D eigenvalue weighted by atomic mass is 35.5. The van der Waals surface area contributed by atoms with Crippen LogP contribution in [0.4, 0.5) is 29.1 Å². The number of carboxylic acids is 1. The molecule has 0 amide bonds. The summed E-state index contributed by atoms with van der Waals surface area (Å²) < 4.78 is 48.9. The van der Waals surface area contributed by atoms with E-state index in [0.29, 0.717) is 45.9 Å². The van der Waals surface area contributed by atoms with E-state index in [-0.39, 0.29) is 0 Å². The molecule has 0 radical (unpaired) electrons. The zero-order chi connectivity index (χ0) is 30.8. The number of fused-ring (bicyclic) bond motifs is 1. The van der Waals surface area contributed by atoms with E-state index in [9.17, 15) is 13.2 Å². The minimum absolute atomic E-state index is 0.332. The number of carboxylic acid groups (broad SMARTS) is 1. The van der Waals surface area contributed by atoms with Gasteiger partial charge in [0.2, 0.25) is 0 Å². The number of nitrogens with zero attached hydrogens (tertiary/aromatic N) is 4. The van der Waals surface area contributed by atoms with Crippen molar-refractivity contribution in [3.63, 3.8) is 0 Å². The first-order valence-electron chi connectivity index (χ1n) is 12.5. The molecular formula is C29H25ClF4N6O2. The third-order valence-electron chi connectivity index (χ3n) is 6.39. The van der Waals surface area contributed by atoms with Crippen LogP contribution in [-0.2, 0) is 18.3 Å². The smallest absolute Gasteiger partial charge is 0.475 e. The highest BCUT2D eigenvalue weighted by Gasteiger charge is 2.38. The zero-order valence-corrected chi connectivity index (χ0v) is 23.1. The number of pyridine rings is 1. The Morgan fingerprint density at radius 3 is 2.33 bits per heavy atom. The fraction of sp³-hybridized carbons (Fsp3) is 0.172. The summed E-state index contributed by atoms with van der Waals surface area (Å²) >= 11 is 6.31. The van der Waals surface area contributed by atoms with Crippen LogP contribution in [0.5, 0.6) is 0 Å². The van der Waals surface area contributed by atoms with Gasteiger partial charge in [-0.2, -0.15) is 18.3 Å². The van der Waals surface area contributed by atoms with Crippen LogP contribution in [0.1, 0.15) is 35.5 Å². The van der Waals surface area contributed by atoms with Gasteiger partial charge < -0.3 is 16.6 Å². The minimum Gasteiger partial charge on any atom is -0.475 e. The largest absolute Gasteiger partial charge is 0.490 e. The lowest BCUT2D eigenvalue weighted by atomic mass is 9.90. The van der Waals surface area contributed by atoms with E-state index in [2.05, 4.69) is 10.1 Å². The standard InChI is InChI=1S/C27H24ClFN6.C2HF3O2/c1-3-15-12-20(22(29)14-21(15)28)24(23-13-17-11-18(30)9-10-19(17)25(31)32-23)27-33-26(34-35(27)2)16-7-5-4-6-8-16;3-2(4,5)1(6)7/h4-14,24H,3,30H2,1-2H3,(H2,31,32);(H,6,7). The first kappa shape index (κ1) is 30.3. The predicted octanol–water partition coefficient (Wildman–Crippen LogP) is 6.36. The summed E-state index contributed by atoms with van der Waals surface area (Å²) in [7, 11) is 1.79. The zero-order valence-electron chi connectivity index (χ0n) is 22.3. The lowest BCUT2D eigenvalue weighted by Crippen LogP contribution is -2.21. The molecule has 0 bridgehead atoms. The Balaban J connectivity index is 0.000000517. The number of anilines is 2. The van der Waals surface area contributed by atoms with E-state index in [1.807, 2.05) is 55.5 Å². The molecule has 0 aliphatic carbocycles. The number of hydrogen-bond acceptors (Lipinski definition) is 6. The van der Waals surface area contributed by atoms with Crippen LogP contribution in [0.15, 0.2) is 66.7 Å². The predicted molar refractivity (Wildman–Crippen MR) is 152 cm³/mol. The molecule has 2 aromatic heterocycles.